The number of benzene rings is 1. The first-order chi connectivity index (χ1) is 9.69. The number of nitrogens with one attached hydrogen (secondary N) is 1. The summed E-state index contributed by atoms with van der Waals surface area (Å²) < 4.78 is 31.8. The molecule has 1 aromatic carbocycles. The number of sulfonamides is 1. The van der Waals surface area contributed by atoms with Crippen molar-refractivity contribution in [1.82, 2.24) is 4.72 Å². The maximum absolute atomic E-state index is 12.3. The minimum Gasteiger partial charge on any atom is -0.478 e. The number of methoxy groups -OCH3 is 1. The second kappa shape index (κ2) is 7.42. The molecule has 0 spiro atoms. The van der Waals surface area contributed by atoms with Gasteiger partial charge in [-0.1, -0.05) is 23.2 Å². The summed E-state index contributed by atoms with van der Waals surface area (Å²) >= 11 is 11.6. The predicted octanol–water partition coefficient (Wildman–Crippen LogP) is 2.39. The van der Waals surface area contributed by atoms with Crippen molar-refractivity contribution < 1.29 is 23.1 Å². The van der Waals surface area contributed by atoms with Crippen molar-refractivity contribution in [1.29, 1.82) is 0 Å². The third-order valence-electron chi connectivity index (χ3n) is 2.64. The lowest BCUT2D eigenvalue weighted by atomic mass is 10.2. The molecule has 1 rings (SSSR count). The van der Waals surface area contributed by atoms with Gasteiger partial charge in [-0.05, 0) is 25.5 Å². The van der Waals surface area contributed by atoms with Crippen LogP contribution in [-0.2, 0) is 14.8 Å². The molecule has 0 aliphatic heterocycles. The monoisotopic (exact) mass is 355 g/mol. The summed E-state index contributed by atoms with van der Waals surface area (Å²) in [7, 11) is -2.48. The lowest BCUT2D eigenvalue weighted by Gasteiger charge is -2.15. The molecule has 0 heterocycles. The number of carbonyl (C=O) groups is 1. The fourth-order valence-electron chi connectivity index (χ4n) is 1.60. The molecule has 0 saturated heterocycles. The molecule has 0 amide bonds. The summed E-state index contributed by atoms with van der Waals surface area (Å²) in [6.45, 7) is 2.04. The maximum atomic E-state index is 12.3. The van der Waals surface area contributed by atoms with Crippen LogP contribution in [0.25, 0.3) is 0 Å². The summed E-state index contributed by atoms with van der Waals surface area (Å²) in [4.78, 5) is 10.7. The van der Waals surface area contributed by atoms with Gasteiger partial charge in [0.05, 0.1) is 10.6 Å². The highest BCUT2D eigenvalue weighted by Crippen LogP contribution is 2.29. The van der Waals surface area contributed by atoms with E-state index in [-0.39, 0.29) is 20.5 Å². The van der Waals surface area contributed by atoms with Crippen molar-refractivity contribution in [2.24, 2.45) is 0 Å². The second-order valence-corrected chi connectivity index (χ2v) is 6.87. The topological polar surface area (TPSA) is 92.7 Å². The van der Waals surface area contributed by atoms with Gasteiger partial charge in [-0.2, -0.15) is 0 Å². The molecule has 0 radical (unpaired) electrons. The Morgan fingerprint density at radius 3 is 2.57 bits per heavy atom. The summed E-state index contributed by atoms with van der Waals surface area (Å²) in [6, 6.07) is 1.81. The van der Waals surface area contributed by atoms with Crippen molar-refractivity contribution in [2.75, 3.05) is 13.7 Å². The van der Waals surface area contributed by atoms with Gasteiger partial charge in [0, 0.05) is 24.8 Å². The van der Waals surface area contributed by atoms with Crippen LogP contribution in [0.1, 0.15) is 23.7 Å². The molecule has 9 heteroatoms. The molecule has 2 N–H and O–H groups in total. The van der Waals surface area contributed by atoms with Gasteiger partial charge >= 0.3 is 5.97 Å². The smallest absolute Gasteiger partial charge is 0.337 e. The van der Waals surface area contributed by atoms with Crippen LogP contribution in [0.5, 0.6) is 0 Å². The van der Waals surface area contributed by atoms with E-state index in [2.05, 4.69) is 4.72 Å². The number of hydrogen-bond donors (Lipinski definition) is 2. The highest BCUT2D eigenvalue weighted by atomic mass is 35.5. The van der Waals surface area contributed by atoms with Gasteiger partial charge in [-0.3, -0.25) is 0 Å². The maximum Gasteiger partial charge on any atom is 0.337 e. The largest absolute Gasteiger partial charge is 0.478 e. The molecule has 0 aliphatic rings. The van der Waals surface area contributed by atoms with E-state index in [1.165, 1.54) is 7.11 Å². The quantitative estimate of drug-likeness (QED) is 0.783. The number of aromatic carboxylic acids is 1. The lowest BCUT2D eigenvalue weighted by Crippen LogP contribution is -2.33. The normalized spacial score (nSPS) is 13.1. The van der Waals surface area contributed by atoms with Crippen LogP contribution in [0.15, 0.2) is 17.0 Å². The molecular formula is C12H15Cl2NO5S. The van der Waals surface area contributed by atoms with Gasteiger partial charge in [-0.15, -0.1) is 0 Å². The summed E-state index contributed by atoms with van der Waals surface area (Å²) in [6.07, 6.45) is 0.458. The summed E-state index contributed by atoms with van der Waals surface area (Å²) in [5.41, 5.74) is -0.367. The van der Waals surface area contributed by atoms with E-state index in [1.54, 1.807) is 6.92 Å². The molecular weight excluding hydrogens is 341 g/mol. The van der Waals surface area contributed by atoms with Gasteiger partial charge in [-0.25, -0.2) is 17.9 Å². The first-order valence-corrected chi connectivity index (χ1v) is 8.16. The first kappa shape index (κ1) is 18.2. The number of carboxylic acid groups (broad SMARTS) is 1. The fourth-order valence-corrected chi connectivity index (χ4v) is 3.78. The molecule has 1 aromatic rings. The Bertz CT molecular complexity index is 633. The predicted molar refractivity (Wildman–Crippen MR) is 79.7 cm³/mol. The molecule has 0 saturated carbocycles. The molecule has 118 valence electrons. The van der Waals surface area contributed by atoms with Crippen molar-refractivity contribution in [3.05, 3.63) is 27.7 Å². The van der Waals surface area contributed by atoms with Gasteiger partial charge in [0.1, 0.15) is 4.90 Å². The van der Waals surface area contributed by atoms with E-state index < -0.39 is 22.0 Å². The highest BCUT2D eigenvalue weighted by molar-refractivity contribution is 7.89. The van der Waals surface area contributed by atoms with Gasteiger partial charge in [0.2, 0.25) is 10.0 Å². The molecule has 0 bridgehead atoms. The third-order valence-corrected chi connectivity index (χ3v) is 4.99. The average Bonchev–Trinajstić information content (AvgIpc) is 2.37. The Hall–Kier alpha value is -0.860. The molecule has 0 aliphatic carbocycles. The zero-order chi connectivity index (χ0) is 16.2. The molecule has 1 atom stereocenters. The molecule has 0 aromatic heterocycles. The Labute approximate surface area is 133 Å². The van der Waals surface area contributed by atoms with Crippen LogP contribution in [0.2, 0.25) is 10.0 Å². The van der Waals surface area contributed by atoms with Gasteiger partial charge < -0.3 is 9.84 Å². The zero-order valence-corrected chi connectivity index (χ0v) is 13.7. The van der Waals surface area contributed by atoms with E-state index in [9.17, 15) is 13.2 Å². The van der Waals surface area contributed by atoms with Crippen LogP contribution in [-0.4, -0.2) is 39.3 Å². The van der Waals surface area contributed by atoms with Gasteiger partial charge in [0.15, 0.2) is 0 Å². The van der Waals surface area contributed by atoms with Crippen LogP contribution >= 0.6 is 23.2 Å². The molecule has 1 unspecified atom stereocenters. The molecule has 0 fully saturated rings. The first-order valence-electron chi connectivity index (χ1n) is 5.92. The number of carboxylic acids is 1. The van der Waals surface area contributed by atoms with Crippen molar-refractivity contribution in [3.8, 4) is 0 Å². The SMILES string of the molecule is COCCC(C)NS(=O)(=O)c1cc(Cl)cc(C(=O)O)c1Cl. The van der Waals surface area contributed by atoms with E-state index in [0.717, 1.165) is 12.1 Å². The number of rotatable bonds is 7. The van der Waals surface area contributed by atoms with Crippen molar-refractivity contribution in [2.45, 2.75) is 24.3 Å². The van der Waals surface area contributed by atoms with E-state index in [4.69, 9.17) is 33.0 Å². The Morgan fingerprint density at radius 1 is 1.43 bits per heavy atom. The summed E-state index contributed by atoms with van der Waals surface area (Å²) in [5.74, 6) is -1.36. The molecule has 21 heavy (non-hydrogen) atoms. The van der Waals surface area contributed by atoms with Crippen LogP contribution < -0.4 is 4.72 Å². The van der Waals surface area contributed by atoms with Crippen LogP contribution in [0, 0.1) is 0 Å². The average molecular weight is 356 g/mol. The minimum atomic E-state index is -3.98. The minimum absolute atomic E-state index is 0.0262. The van der Waals surface area contributed by atoms with E-state index in [0.29, 0.717) is 13.0 Å². The standard InChI is InChI=1S/C12H15Cl2NO5S/c1-7(3-4-20-2)15-21(18,19)10-6-8(13)5-9(11(10)14)12(16)17/h5-7,15H,3-4H2,1-2H3,(H,16,17). The Kier molecular flexibility index (Phi) is 6.42. The van der Waals surface area contributed by atoms with Crippen LogP contribution in [0.3, 0.4) is 0 Å². The van der Waals surface area contributed by atoms with Gasteiger partial charge in [0.25, 0.3) is 0 Å². The Morgan fingerprint density at radius 2 is 2.05 bits per heavy atom. The number of hydrogen-bond acceptors (Lipinski definition) is 4. The highest BCUT2D eigenvalue weighted by Gasteiger charge is 2.25. The van der Waals surface area contributed by atoms with E-state index in [1.807, 2.05) is 0 Å². The lowest BCUT2D eigenvalue weighted by molar-refractivity contribution is 0.0697. The molecule has 6 nitrogen and oxygen atoms in total. The third kappa shape index (κ3) is 4.82. The zero-order valence-electron chi connectivity index (χ0n) is 11.4. The fraction of sp³-hybridized carbons (Fsp3) is 0.417. The number of halogens is 2. The van der Waals surface area contributed by atoms with Crippen molar-refractivity contribution in [3.63, 3.8) is 0 Å². The number of ether oxygens (including phenoxy) is 1. The van der Waals surface area contributed by atoms with Crippen LogP contribution in [0.4, 0.5) is 0 Å². The Balaban J connectivity index is 3.17. The van der Waals surface area contributed by atoms with E-state index >= 15 is 0 Å². The second-order valence-electron chi connectivity index (χ2n) is 4.37. The summed E-state index contributed by atoms with van der Waals surface area (Å²) in [5, 5.41) is 8.60. The van der Waals surface area contributed by atoms with Crippen molar-refractivity contribution >= 4 is 39.2 Å².